The molecule has 4 rings (SSSR count). The van der Waals surface area contributed by atoms with Crippen molar-refractivity contribution in [2.24, 2.45) is 0 Å². The van der Waals surface area contributed by atoms with Gasteiger partial charge >= 0.3 is 0 Å². The topological polar surface area (TPSA) is 80.6 Å². The molecule has 1 aromatic carbocycles. The molecule has 6 nitrogen and oxygen atoms in total. The van der Waals surface area contributed by atoms with Crippen molar-refractivity contribution in [3.63, 3.8) is 0 Å². The van der Waals surface area contributed by atoms with E-state index in [1.54, 1.807) is 31.4 Å². The first-order chi connectivity index (χ1) is 13.7. The number of hydrogen-bond donors (Lipinski definition) is 2. The average Bonchev–Trinajstić information content (AvgIpc) is 3.36. The van der Waals surface area contributed by atoms with Gasteiger partial charge in [-0.2, -0.15) is 0 Å². The smallest absolute Gasteiger partial charge is 0.291 e. The normalized spacial score (nSPS) is 12.9. The van der Waals surface area contributed by atoms with Gasteiger partial charge in [0.2, 0.25) is 0 Å². The van der Waals surface area contributed by atoms with Crippen LogP contribution in [-0.4, -0.2) is 18.9 Å². The van der Waals surface area contributed by atoms with Crippen LogP contribution in [0.25, 0.3) is 0 Å². The molecule has 0 atom stereocenters. The molecule has 2 heterocycles. The lowest BCUT2D eigenvalue weighted by atomic mass is 9.95. The molecule has 0 saturated heterocycles. The van der Waals surface area contributed by atoms with Crippen LogP contribution in [0.5, 0.6) is 5.75 Å². The van der Waals surface area contributed by atoms with Crippen molar-refractivity contribution < 1.29 is 18.7 Å². The maximum Gasteiger partial charge on any atom is 0.291 e. The molecular weight excluding hydrogens is 376 g/mol. The molecule has 0 saturated carbocycles. The van der Waals surface area contributed by atoms with E-state index in [2.05, 4.69) is 10.6 Å². The number of amides is 2. The van der Waals surface area contributed by atoms with E-state index in [1.807, 2.05) is 12.1 Å². The summed E-state index contributed by atoms with van der Waals surface area (Å²) in [7, 11) is 1.56. The number of ether oxygens (including phenoxy) is 1. The lowest BCUT2D eigenvalue weighted by molar-refractivity contribution is 0.0997. The number of aryl methyl sites for hydroxylation is 1. The molecule has 28 heavy (non-hydrogen) atoms. The number of carbonyl (C=O) groups excluding carboxylic acids is 2. The molecule has 0 aliphatic heterocycles. The Hall–Kier alpha value is -3.06. The fourth-order valence-electron chi connectivity index (χ4n) is 3.40. The SMILES string of the molecule is COc1ccccc1NC(=O)c1c(NC(=O)c2ccco2)sc2c1CCCC2. The zero-order valence-electron chi connectivity index (χ0n) is 15.4. The Morgan fingerprint density at radius 1 is 1.04 bits per heavy atom. The Bertz CT molecular complexity index is 1010. The highest BCUT2D eigenvalue weighted by molar-refractivity contribution is 7.17. The second kappa shape index (κ2) is 7.90. The van der Waals surface area contributed by atoms with Crippen molar-refractivity contribution in [3.8, 4) is 5.75 Å². The van der Waals surface area contributed by atoms with Crippen molar-refractivity contribution in [2.75, 3.05) is 17.7 Å². The highest BCUT2D eigenvalue weighted by Gasteiger charge is 2.27. The number of thiophene rings is 1. The van der Waals surface area contributed by atoms with Crippen LogP contribution in [0.4, 0.5) is 10.7 Å². The molecule has 0 bridgehead atoms. The number of para-hydroxylation sites is 2. The molecule has 2 amide bonds. The van der Waals surface area contributed by atoms with Crippen molar-refractivity contribution in [3.05, 3.63) is 64.4 Å². The molecule has 0 spiro atoms. The minimum atomic E-state index is -0.366. The van der Waals surface area contributed by atoms with Crippen molar-refractivity contribution >= 4 is 33.8 Å². The fourth-order valence-corrected chi connectivity index (χ4v) is 4.68. The summed E-state index contributed by atoms with van der Waals surface area (Å²) >= 11 is 1.47. The molecule has 0 radical (unpaired) electrons. The zero-order valence-corrected chi connectivity index (χ0v) is 16.2. The number of benzene rings is 1. The second-order valence-corrected chi connectivity index (χ2v) is 7.61. The van der Waals surface area contributed by atoms with E-state index < -0.39 is 0 Å². The lowest BCUT2D eigenvalue weighted by Gasteiger charge is -2.14. The number of furan rings is 1. The highest BCUT2D eigenvalue weighted by atomic mass is 32.1. The summed E-state index contributed by atoms with van der Waals surface area (Å²) in [6.45, 7) is 0. The molecule has 2 aromatic heterocycles. The summed E-state index contributed by atoms with van der Waals surface area (Å²) in [5.41, 5.74) is 2.15. The van der Waals surface area contributed by atoms with Gasteiger partial charge in [0.25, 0.3) is 11.8 Å². The van der Waals surface area contributed by atoms with Crippen LogP contribution in [0.1, 0.15) is 44.2 Å². The number of rotatable bonds is 5. The largest absolute Gasteiger partial charge is 0.495 e. The van der Waals surface area contributed by atoms with Crippen LogP contribution in [-0.2, 0) is 12.8 Å². The van der Waals surface area contributed by atoms with Gasteiger partial charge in [-0.1, -0.05) is 12.1 Å². The lowest BCUT2D eigenvalue weighted by Crippen LogP contribution is -2.18. The maximum absolute atomic E-state index is 13.2. The van der Waals surface area contributed by atoms with Crippen LogP contribution >= 0.6 is 11.3 Å². The zero-order chi connectivity index (χ0) is 19.5. The molecule has 1 aliphatic rings. The van der Waals surface area contributed by atoms with E-state index in [-0.39, 0.29) is 17.6 Å². The van der Waals surface area contributed by atoms with Gasteiger partial charge in [-0.25, -0.2) is 0 Å². The van der Waals surface area contributed by atoms with Gasteiger partial charge in [0.05, 0.1) is 24.6 Å². The second-order valence-electron chi connectivity index (χ2n) is 6.50. The summed E-state index contributed by atoms with van der Waals surface area (Å²) < 4.78 is 10.5. The van der Waals surface area contributed by atoms with Gasteiger partial charge in [-0.15, -0.1) is 11.3 Å². The number of carbonyl (C=O) groups is 2. The number of anilines is 2. The Kier molecular flexibility index (Phi) is 5.16. The van der Waals surface area contributed by atoms with Crippen molar-refractivity contribution in [1.29, 1.82) is 0 Å². The quantitative estimate of drug-likeness (QED) is 0.653. The molecular formula is C21H20N2O4S. The minimum absolute atomic E-state index is 0.211. The Morgan fingerprint density at radius 3 is 2.64 bits per heavy atom. The van der Waals surface area contributed by atoms with Gasteiger partial charge in [-0.05, 0) is 55.5 Å². The standard InChI is InChI=1S/C21H20N2O4S/c1-26-15-9-4-3-8-14(15)22-20(25)18-13-7-2-5-11-17(13)28-21(18)23-19(24)16-10-6-12-27-16/h3-4,6,8-10,12H,2,5,7,11H2,1H3,(H,22,25)(H,23,24). The summed E-state index contributed by atoms with van der Waals surface area (Å²) in [5.74, 6) is 0.178. The summed E-state index contributed by atoms with van der Waals surface area (Å²) in [6.07, 6.45) is 5.32. The van der Waals surface area contributed by atoms with Gasteiger partial charge in [0.1, 0.15) is 10.8 Å². The fraction of sp³-hybridized carbons (Fsp3) is 0.238. The van der Waals surface area contributed by atoms with E-state index in [9.17, 15) is 9.59 Å². The predicted molar refractivity (Wildman–Crippen MR) is 109 cm³/mol. The van der Waals surface area contributed by atoms with Crippen LogP contribution in [0.2, 0.25) is 0 Å². The average molecular weight is 396 g/mol. The van der Waals surface area contributed by atoms with E-state index in [1.165, 1.54) is 17.6 Å². The van der Waals surface area contributed by atoms with E-state index in [0.717, 1.165) is 36.1 Å². The van der Waals surface area contributed by atoms with Gasteiger partial charge in [-0.3, -0.25) is 9.59 Å². The number of methoxy groups -OCH3 is 1. The van der Waals surface area contributed by atoms with Crippen LogP contribution in [0, 0.1) is 0 Å². The highest BCUT2D eigenvalue weighted by Crippen LogP contribution is 2.39. The monoisotopic (exact) mass is 396 g/mol. The number of hydrogen-bond acceptors (Lipinski definition) is 5. The van der Waals surface area contributed by atoms with Gasteiger partial charge in [0, 0.05) is 4.88 Å². The Morgan fingerprint density at radius 2 is 1.86 bits per heavy atom. The van der Waals surface area contributed by atoms with Crippen LogP contribution < -0.4 is 15.4 Å². The predicted octanol–water partition coefficient (Wildman–Crippen LogP) is 4.73. The molecule has 3 aromatic rings. The summed E-state index contributed by atoms with van der Waals surface area (Å²) in [5, 5.41) is 6.35. The summed E-state index contributed by atoms with van der Waals surface area (Å²) in [6, 6.07) is 10.5. The molecule has 2 N–H and O–H groups in total. The Labute approximate surface area is 166 Å². The van der Waals surface area contributed by atoms with Crippen LogP contribution in [0.3, 0.4) is 0 Å². The van der Waals surface area contributed by atoms with Crippen molar-refractivity contribution in [1.82, 2.24) is 0 Å². The third kappa shape index (κ3) is 3.53. The summed E-state index contributed by atoms with van der Waals surface area (Å²) in [4.78, 5) is 26.8. The molecule has 7 heteroatoms. The van der Waals surface area contributed by atoms with Gasteiger partial charge < -0.3 is 19.8 Å². The first-order valence-corrected chi connectivity index (χ1v) is 9.92. The maximum atomic E-state index is 13.2. The minimum Gasteiger partial charge on any atom is -0.495 e. The Balaban J connectivity index is 1.67. The van der Waals surface area contributed by atoms with E-state index >= 15 is 0 Å². The molecule has 144 valence electrons. The first kappa shape index (κ1) is 18.3. The first-order valence-electron chi connectivity index (χ1n) is 9.11. The number of fused-ring (bicyclic) bond motifs is 1. The van der Waals surface area contributed by atoms with E-state index in [4.69, 9.17) is 9.15 Å². The molecule has 1 aliphatic carbocycles. The van der Waals surface area contributed by atoms with Crippen molar-refractivity contribution in [2.45, 2.75) is 25.7 Å². The van der Waals surface area contributed by atoms with Gasteiger partial charge in [0.15, 0.2) is 5.76 Å². The van der Waals surface area contributed by atoms with E-state index in [0.29, 0.717) is 22.0 Å². The number of nitrogens with one attached hydrogen (secondary N) is 2. The third-order valence-corrected chi connectivity index (χ3v) is 5.93. The molecule has 0 fully saturated rings. The third-order valence-electron chi connectivity index (χ3n) is 4.73. The van der Waals surface area contributed by atoms with Crippen LogP contribution in [0.15, 0.2) is 47.1 Å². The molecule has 0 unspecified atom stereocenters.